The van der Waals surface area contributed by atoms with Crippen molar-refractivity contribution in [1.82, 2.24) is 14.9 Å². The van der Waals surface area contributed by atoms with Crippen LogP contribution in [0.5, 0.6) is 0 Å². The van der Waals surface area contributed by atoms with Crippen molar-refractivity contribution < 1.29 is 0 Å². The number of nitrogen functional groups attached to an aromatic ring is 1. The molecule has 1 aromatic heterocycles. The summed E-state index contributed by atoms with van der Waals surface area (Å²) >= 11 is 0. The molecular weight excluding hydrogens is 224 g/mol. The van der Waals surface area contributed by atoms with Crippen molar-refractivity contribution in [3.63, 3.8) is 0 Å². The van der Waals surface area contributed by atoms with Gasteiger partial charge in [0.1, 0.15) is 0 Å². The van der Waals surface area contributed by atoms with Crippen molar-refractivity contribution in [2.45, 2.75) is 32.6 Å². The molecule has 0 amide bonds. The number of hydrogen-bond donors (Lipinski definition) is 1. The summed E-state index contributed by atoms with van der Waals surface area (Å²) < 4.78 is 0. The summed E-state index contributed by atoms with van der Waals surface area (Å²) in [6.45, 7) is 8.47. The molecule has 18 heavy (non-hydrogen) atoms. The lowest BCUT2D eigenvalue weighted by Gasteiger charge is -2.23. The van der Waals surface area contributed by atoms with Gasteiger partial charge >= 0.3 is 0 Å². The molecular formula is C14H22N4. The van der Waals surface area contributed by atoms with E-state index in [1.807, 2.05) is 0 Å². The Morgan fingerprint density at radius 3 is 2.56 bits per heavy atom. The van der Waals surface area contributed by atoms with Crippen LogP contribution in [0.15, 0.2) is 12.1 Å². The van der Waals surface area contributed by atoms with Gasteiger partial charge in [0.2, 0.25) is 5.95 Å². The van der Waals surface area contributed by atoms with E-state index in [0.29, 0.717) is 5.95 Å². The standard InChI is InChI=1S/C14H22N4/c1-14(2,3)12-9-11(16-13(15)17-12)10-5-7-18(4)8-6-10/h5,9H,6-8H2,1-4H3,(H2,15,16,17). The Morgan fingerprint density at radius 1 is 1.28 bits per heavy atom. The first-order chi connectivity index (χ1) is 8.36. The normalized spacial score (nSPS) is 17.7. The highest BCUT2D eigenvalue weighted by molar-refractivity contribution is 5.64. The van der Waals surface area contributed by atoms with Gasteiger partial charge in [-0.05, 0) is 25.1 Å². The number of nitrogens with zero attached hydrogens (tertiary/aromatic N) is 3. The number of hydrogen-bond acceptors (Lipinski definition) is 4. The van der Waals surface area contributed by atoms with Crippen LogP contribution in [0.1, 0.15) is 38.6 Å². The van der Waals surface area contributed by atoms with Gasteiger partial charge in [0.25, 0.3) is 0 Å². The molecule has 0 aromatic carbocycles. The number of anilines is 1. The first-order valence-electron chi connectivity index (χ1n) is 6.39. The third kappa shape index (κ3) is 2.88. The molecule has 0 fully saturated rings. The Morgan fingerprint density at radius 2 is 2.00 bits per heavy atom. The molecule has 0 radical (unpaired) electrons. The molecule has 0 unspecified atom stereocenters. The summed E-state index contributed by atoms with van der Waals surface area (Å²) in [6, 6.07) is 2.08. The Hall–Kier alpha value is -1.42. The third-order valence-electron chi connectivity index (χ3n) is 3.25. The number of aromatic nitrogens is 2. The Kier molecular flexibility index (Phi) is 3.39. The first kappa shape index (κ1) is 13.0. The van der Waals surface area contributed by atoms with Crippen molar-refractivity contribution in [3.8, 4) is 0 Å². The van der Waals surface area contributed by atoms with E-state index in [1.54, 1.807) is 0 Å². The molecule has 0 atom stereocenters. The van der Waals surface area contributed by atoms with Crippen molar-refractivity contribution >= 4 is 11.5 Å². The van der Waals surface area contributed by atoms with Gasteiger partial charge in [-0.15, -0.1) is 0 Å². The number of rotatable bonds is 1. The monoisotopic (exact) mass is 246 g/mol. The highest BCUT2D eigenvalue weighted by atomic mass is 15.1. The van der Waals surface area contributed by atoms with Gasteiger partial charge in [-0.25, -0.2) is 9.97 Å². The second kappa shape index (κ2) is 4.69. The fourth-order valence-electron chi connectivity index (χ4n) is 2.02. The van der Waals surface area contributed by atoms with E-state index in [4.69, 9.17) is 5.73 Å². The van der Waals surface area contributed by atoms with E-state index in [-0.39, 0.29) is 5.41 Å². The lowest BCUT2D eigenvalue weighted by Crippen LogP contribution is -2.24. The quantitative estimate of drug-likeness (QED) is 0.824. The molecule has 2 rings (SSSR count). The van der Waals surface area contributed by atoms with Crippen LogP contribution >= 0.6 is 0 Å². The van der Waals surface area contributed by atoms with Crippen LogP contribution < -0.4 is 5.73 Å². The first-order valence-corrected chi connectivity index (χ1v) is 6.39. The lowest BCUT2D eigenvalue weighted by atomic mass is 9.90. The number of likely N-dealkylation sites (N-methyl/N-ethyl adjacent to an activating group) is 1. The minimum atomic E-state index is -0.00215. The van der Waals surface area contributed by atoms with Crippen LogP contribution in [-0.2, 0) is 5.41 Å². The van der Waals surface area contributed by atoms with Gasteiger partial charge in [-0.2, -0.15) is 0 Å². The van der Waals surface area contributed by atoms with Crippen molar-refractivity contribution in [2.24, 2.45) is 0 Å². The number of nitrogens with two attached hydrogens (primary N) is 1. The van der Waals surface area contributed by atoms with Crippen molar-refractivity contribution in [1.29, 1.82) is 0 Å². The lowest BCUT2D eigenvalue weighted by molar-refractivity contribution is 0.369. The van der Waals surface area contributed by atoms with Gasteiger partial charge in [0.05, 0.1) is 11.4 Å². The summed E-state index contributed by atoms with van der Waals surface area (Å²) in [4.78, 5) is 11.0. The van der Waals surface area contributed by atoms with Gasteiger partial charge in [-0.3, -0.25) is 0 Å². The molecule has 1 aromatic rings. The molecule has 2 heterocycles. The van der Waals surface area contributed by atoms with Crippen LogP contribution in [0.25, 0.3) is 5.57 Å². The Balaban J connectivity index is 2.37. The highest BCUT2D eigenvalue weighted by Crippen LogP contribution is 2.26. The summed E-state index contributed by atoms with van der Waals surface area (Å²) in [5, 5.41) is 0. The molecule has 4 heteroatoms. The van der Waals surface area contributed by atoms with E-state index < -0.39 is 0 Å². The maximum absolute atomic E-state index is 5.83. The zero-order chi connectivity index (χ0) is 13.3. The predicted octanol–water partition coefficient (Wildman–Crippen LogP) is 2.08. The minimum Gasteiger partial charge on any atom is -0.368 e. The molecule has 0 aliphatic carbocycles. The molecule has 4 nitrogen and oxygen atoms in total. The van der Waals surface area contributed by atoms with Gasteiger partial charge < -0.3 is 10.6 Å². The zero-order valence-corrected chi connectivity index (χ0v) is 11.7. The fraction of sp³-hybridized carbons (Fsp3) is 0.571. The van der Waals surface area contributed by atoms with Crippen LogP contribution in [0.2, 0.25) is 0 Å². The van der Waals surface area contributed by atoms with E-state index in [0.717, 1.165) is 30.9 Å². The van der Waals surface area contributed by atoms with Crippen LogP contribution in [0.3, 0.4) is 0 Å². The van der Waals surface area contributed by atoms with E-state index in [9.17, 15) is 0 Å². The van der Waals surface area contributed by atoms with Gasteiger partial charge in [0.15, 0.2) is 0 Å². The average molecular weight is 246 g/mol. The Labute approximate surface area is 109 Å². The smallest absolute Gasteiger partial charge is 0.220 e. The van der Waals surface area contributed by atoms with Crippen LogP contribution in [-0.4, -0.2) is 35.0 Å². The van der Waals surface area contributed by atoms with Crippen molar-refractivity contribution in [3.05, 3.63) is 23.5 Å². The second-order valence-electron chi connectivity index (χ2n) is 5.99. The summed E-state index contributed by atoms with van der Waals surface area (Å²) in [7, 11) is 2.13. The SMILES string of the molecule is CN1CC=C(c2cc(C(C)(C)C)nc(N)n2)CC1. The molecule has 1 aliphatic rings. The summed E-state index contributed by atoms with van der Waals surface area (Å²) in [5.41, 5.74) is 9.10. The Bertz CT molecular complexity index is 471. The van der Waals surface area contributed by atoms with Gasteiger partial charge in [-0.1, -0.05) is 26.8 Å². The molecule has 0 saturated heterocycles. The molecule has 98 valence electrons. The average Bonchev–Trinajstić information content (AvgIpc) is 2.28. The predicted molar refractivity (Wildman–Crippen MR) is 75.2 cm³/mol. The zero-order valence-electron chi connectivity index (χ0n) is 11.7. The summed E-state index contributed by atoms with van der Waals surface area (Å²) in [5.74, 6) is 0.372. The van der Waals surface area contributed by atoms with E-state index >= 15 is 0 Å². The van der Waals surface area contributed by atoms with Crippen molar-refractivity contribution in [2.75, 3.05) is 25.9 Å². The summed E-state index contributed by atoms with van der Waals surface area (Å²) in [6.07, 6.45) is 3.26. The maximum Gasteiger partial charge on any atom is 0.220 e. The topological polar surface area (TPSA) is 55.0 Å². The van der Waals surface area contributed by atoms with E-state index in [1.165, 1.54) is 5.57 Å². The second-order valence-corrected chi connectivity index (χ2v) is 5.99. The van der Waals surface area contributed by atoms with Gasteiger partial charge in [0, 0.05) is 18.5 Å². The van der Waals surface area contributed by atoms with Crippen LogP contribution in [0.4, 0.5) is 5.95 Å². The van der Waals surface area contributed by atoms with Crippen LogP contribution in [0, 0.1) is 0 Å². The molecule has 1 aliphatic heterocycles. The maximum atomic E-state index is 5.83. The molecule has 0 saturated carbocycles. The fourth-order valence-corrected chi connectivity index (χ4v) is 2.02. The molecule has 0 bridgehead atoms. The minimum absolute atomic E-state index is 0.00215. The highest BCUT2D eigenvalue weighted by Gasteiger charge is 2.19. The third-order valence-corrected chi connectivity index (χ3v) is 3.25. The largest absolute Gasteiger partial charge is 0.368 e. The van der Waals surface area contributed by atoms with E-state index in [2.05, 4.69) is 54.8 Å². The molecule has 0 spiro atoms. The molecule has 2 N–H and O–H groups in total.